The van der Waals surface area contributed by atoms with E-state index in [1.807, 2.05) is 17.0 Å². The molecule has 8 heterocycles. The Morgan fingerprint density at radius 1 is 0.930 bits per heavy atom. The van der Waals surface area contributed by atoms with Gasteiger partial charge < -0.3 is 49.5 Å². The molecule has 5 fully saturated rings. The molecule has 18 nitrogen and oxygen atoms in total. The fourth-order valence-electron chi connectivity index (χ4n) is 12.5. The minimum Gasteiger partial charge on any atom is -0.489 e. The SMILES string of the molecule is Cc1ccccc1[C@@H]1COCCN1C1CC2(CCN(c3ccc(C(N)=O)c(N4c5cc6cc[nH]c6nc5O[C@H]5COCC[C@@H]54)c3S(=O)(=O)c3cc4c(c([N+](=O)[O-])c3)N[C@H](C3(F)CCOCC3)CO4)CC2)C1. The van der Waals surface area contributed by atoms with Gasteiger partial charge in [-0.25, -0.2) is 12.8 Å². The van der Waals surface area contributed by atoms with Crippen molar-refractivity contribution in [2.75, 3.05) is 81.0 Å². The van der Waals surface area contributed by atoms with Crippen LogP contribution in [-0.4, -0.2) is 130 Å². The van der Waals surface area contributed by atoms with Crippen molar-refractivity contribution in [1.82, 2.24) is 14.9 Å². The van der Waals surface area contributed by atoms with Gasteiger partial charge in [0.2, 0.25) is 15.7 Å². The normalized spacial score (nSPS) is 25.2. The number of carbonyl (C=O) groups excluding carboxylic acids is 1. The minimum absolute atomic E-state index is 0.0186. The van der Waals surface area contributed by atoms with Gasteiger partial charge in [0.15, 0.2) is 11.4 Å². The van der Waals surface area contributed by atoms with Crippen LogP contribution in [0, 0.1) is 22.5 Å². The Hall–Kier alpha value is -6.06. The van der Waals surface area contributed by atoms with Crippen LogP contribution in [0.1, 0.15) is 72.5 Å². The Morgan fingerprint density at radius 2 is 1.72 bits per heavy atom. The highest BCUT2D eigenvalue weighted by atomic mass is 32.2. The van der Waals surface area contributed by atoms with Crippen LogP contribution in [-0.2, 0) is 24.0 Å². The maximum Gasteiger partial charge on any atom is 0.297 e. The molecule has 4 saturated heterocycles. The van der Waals surface area contributed by atoms with E-state index in [1.165, 1.54) is 17.2 Å². The van der Waals surface area contributed by atoms with Crippen LogP contribution in [0.4, 0.5) is 32.8 Å². The maximum absolute atomic E-state index is 16.3. The van der Waals surface area contributed by atoms with Gasteiger partial charge in [0, 0.05) is 82.1 Å². The number of nitrogens with two attached hydrogens (primary N) is 1. The molecule has 0 unspecified atom stereocenters. The quantitative estimate of drug-likeness (QED) is 0.101. The number of nitrogens with one attached hydrogen (secondary N) is 2. The minimum atomic E-state index is -4.85. The number of nitrogens with zero attached hydrogens (tertiary/aromatic N) is 5. The number of aromatic nitrogens is 2. The number of pyridine rings is 1. The van der Waals surface area contributed by atoms with E-state index in [1.54, 1.807) is 18.3 Å². The monoisotopic (exact) mass is 992 g/mol. The number of anilines is 4. The lowest BCUT2D eigenvalue weighted by molar-refractivity contribution is -0.384. The van der Waals surface area contributed by atoms with Crippen LogP contribution >= 0.6 is 0 Å². The second-order valence-electron chi connectivity index (χ2n) is 20.3. The molecule has 1 saturated carbocycles. The number of halogens is 1. The lowest BCUT2D eigenvalue weighted by Gasteiger charge is -2.57. The van der Waals surface area contributed by atoms with E-state index < -0.39 is 55.1 Å². The van der Waals surface area contributed by atoms with Gasteiger partial charge in [-0.15, -0.1) is 0 Å². The lowest BCUT2D eigenvalue weighted by Crippen LogP contribution is -2.58. The molecule has 4 N–H and O–H groups in total. The highest BCUT2D eigenvalue weighted by Gasteiger charge is 2.52. The van der Waals surface area contributed by atoms with Gasteiger partial charge in [0.1, 0.15) is 34.6 Å². The summed E-state index contributed by atoms with van der Waals surface area (Å²) >= 11 is 0. The number of H-pyrrole nitrogens is 1. The molecule has 0 radical (unpaired) electrons. The molecule has 3 aromatic carbocycles. The first-order valence-electron chi connectivity index (χ1n) is 24.7. The number of nitro groups is 1. The van der Waals surface area contributed by atoms with E-state index in [0.717, 1.165) is 43.7 Å². The Labute approximate surface area is 410 Å². The smallest absolute Gasteiger partial charge is 0.297 e. The first-order valence-corrected chi connectivity index (χ1v) is 26.2. The molecule has 4 atom stereocenters. The molecule has 7 aliphatic rings. The number of aryl methyl sites for hydroxylation is 1. The van der Waals surface area contributed by atoms with Crippen LogP contribution in [0.5, 0.6) is 11.6 Å². The topological polar surface area (TPSA) is 217 Å². The van der Waals surface area contributed by atoms with Crippen molar-refractivity contribution in [2.45, 2.75) is 97.6 Å². The Kier molecular flexibility index (Phi) is 11.4. The fraction of sp³-hybridized carbons (Fsp3) is 0.490. The average molecular weight is 993 g/mol. The fourth-order valence-corrected chi connectivity index (χ4v) is 14.2. The van der Waals surface area contributed by atoms with E-state index in [4.69, 9.17) is 34.4 Å². The number of piperidine rings is 1. The maximum atomic E-state index is 16.3. The number of aromatic amines is 1. The summed E-state index contributed by atoms with van der Waals surface area (Å²) in [4.78, 5) is 40.0. The van der Waals surface area contributed by atoms with E-state index in [-0.39, 0.29) is 84.2 Å². The summed E-state index contributed by atoms with van der Waals surface area (Å²) in [6.45, 7) is 5.99. The van der Waals surface area contributed by atoms with Crippen molar-refractivity contribution in [3.63, 3.8) is 0 Å². The molecule has 0 bridgehead atoms. The van der Waals surface area contributed by atoms with Crippen LogP contribution in [0.15, 0.2) is 76.7 Å². The molecule has 1 aliphatic carbocycles. The van der Waals surface area contributed by atoms with Crippen molar-refractivity contribution >= 4 is 55.2 Å². The zero-order valence-corrected chi connectivity index (χ0v) is 40.3. The average Bonchev–Trinajstić information content (AvgIpc) is 3.83. The number of amides is 1. The summed E-state index contributed by atoms with van der Waals surface area (Å²) in [6.07, 6.45) is 5.23. The van der Waals surface area contributed by atoms with Crippen molar-refractivity contribution in [3.8, 4) is 11.6 Å². The first kappa shape index (κ1) is 46.0. The highest BCUT2D eigenvalue weighted by Crippen LogP contribution is 2.56. The summed E-state index contributed by atoms with van der Waals surface area (Å²) in [6, 6.07) is 16.7. The van der Waals surface area contributed by atoms with Crippen molar-refractivity contribution in [2.24, 2.45) is 11.1 Å². The van der Waals surface area contributed by atoms with Gasteiger partial charge in [0.05, 0.1) is 64.7 Å². The van der Waals surface area contributed by atoms with Gasteiger partial charge in [-0.1, -0.05) is 24.3 Å². The molecule has 2 aromatic heterocycles. The molecule has 12 rings (SSSR count). The number of hydrogen-bond acceptors (Lipinski definition) is 15. The first-order chi connectivity index (χ1) is 34.3. The number of rotatable bonds is 9. The van der Waals surface area contributed by atoms with E-state index >= 15 is 12.8 Å². The number of sulfone groups is 1. The van der Waals surface area contributed by atoms with Crippen molar-refractivity contribution in [3.05, 3.63) is 93.7 Å². The summed E-state index contributed by atoms with van der Waals surface area (Å²) in [5.41, 5.74) is 7.61. The third-order valence-corrected chi connectivity index (χ3v) is 18.2. The summed E-state index contributed by atoms with van der Waals surface area (Å²) < 4.78 is 78.5. The Balaban J connectivity index is 0.960. The third-order valence-electron chi connectivity index (χ3n) is 16.4. The molecule has 5 aromatic rings. The van der Waals surface area contributed by atoms with E-state index in [9.17, 15) is 14.9 Å². The second kappa shape index (κ2) is 17.6. The number of ether oxygens (including phenoxy) is 5. The summed E-state index contributed by atoms with van der Waals surface area (Å²) in [5, 5.41) is 16.7. The number of hydrogen-bond donors (Lipinski definition) is 3. The van der Waals surface area contributed by atoms with Gasteiger partial charge in [-0.05, 0) is 79.8 Å². The zero-order valence-electron chi connectivity index (χ0n) is 39.4. The lowest BCUT2D eigenvalue weighted by atomic mass is 9.59. The zero-order chi connectivity index (χ0) is 48.8. The van der Waals surface area contributed by atoms with Crippen LogP contribution in [0.25, 0.3) is 11.0 Å². The number of carbonyl (C=O) groups is 1. The molecule has 6 aliphatic heterocycles. The molecular weight excluding hydrogens is 936 g/mol. The van der Waals surface area contributed by atoms with E-state index in [0.29, 0.717) is 62.4 Å². The molecular formula is C51H57FN8O10S. The standard InChI is InChI=1S/C51H57FN8O10S/c1-30-4-2-3-5-34(30)40-27-68-21-17-58(40)32-25-50(26-32)10-15-57(16-11-50)37-7-6-35(47(53)61)45(59-36-9-18-67-28-42(36)70-49-39(59)22-31-8-14-54-48(31)56-49)46(37)71(64,65)33-23-38(60(62)63)44-41(24-33)69-29-43(55-44)51(52)12-19-66-20-13-51/h2-8,14,22-24,32,36,40,42-43,55H,9-13,15-21,25-29H2,1H3,(H2,53,61)(H,54,56)/t36-,40-,42-,43-/m0/s1. The predicted molar refractivity (Wildman–Crippen MR) is 261 cm³/mol. The predicted octanol–water partition coefficient (Wildman–Crippen LogP) is 6.91. The van der Waals surface area contributed by atoms with Gasteiger partial charge in [-0.2, -0.15) is 4.98 Å². The molecule has 374 valence electrons. The molecule has 71 heavy (non-hydrogen) atoms. The Morgan fingerprint density at radius 3 is 2.49 bits per heavy atom. The number of primary amides is 1. The number of nitro benzene ring substituents is 1. The van der Waals surface area contributed by atoms with Crippen LogP contribution < -0.4 is 30.3 Å². The largest absolute Gasteiger partial charge is 0.489 e. The number of fused-ring (bicyclic) bond motifs is 4. The van der Waals surface area contributed by atoms with Gasteiger partial charge >= 0.3 is 0 Å². The van der Waals surface area contributed by atoms with E-state index in [2.05, 4.69) is 51.3 Å². The highest BCUT2D eigenvalue weighted by molar-refractivity contribution is 7.91. The Bertz CT molecular complexity index is 3040. The number of benzene rings is 3. The van der Waals surface area contributed by atoms with Crippen molar-refractivity contribution in [1.29, 1.82) is 0 Å². The van der Waals surface area contributed by atoms with Crippen molar-refractivity contribution < 1.29 is 46.2 Å². The van der Waals surface area contributed by atoms with Crippen LogP contribution in [0.2, 0.25) is 0 Å². The molecule has 1 spiro atoms. The van der Waals surface area contributed by atoms with Crippen LogP contribution in [0.3, 0.4) is 0 Å². The third kappa shape index (κ3) is 7.84. The molecule has 1 amide bonds. The second-order valence-corrected chi connectivity index (χ2v) is 22.2. The molecule has 20 heteroatoms. The van der Waals surface area contributed by atoms with Gasteiger partial charge in [0.25, 0.3) is 11.6 Å². The number of morpholine rings is 1. The summed E-state index contributed by atoms with van der Waals surface area (Å²) in [5.74, 6) is -0.777. The number of alkyl halides is 1. The van der Waals surface area contributed by atoms with Gasteiger partial charge in [-0.3, -0.25) is 19.8 Å². The summed E-state index contributed by atoms with van der Waals surface area (Å²) in [7, 11) is -4.85.